The monoisotopic (exact) mass is 449 g/mol. The molecule has 4 rings (SSSR count). The Bertz CT molecular complexity index is 1430. The molecule has 0 aliphatic heterocycles. The van der Waals surface area contributed by atoms with Crippen molar-refractivity contribution >= 4 is 11.8 Å². The third-order valence-electron chi connectivity index (χ3n) is 4.87. The zero-order valence-electron chi connectivity index (χ0n) is 17.1. The molecule has 0 bridgehead atoms. The van der Waals surface area contributed by atoms with Gasteiger partial charge >= 0.3 is 5.69 Å². The molecular weight excluding hydrogens is 433 g/mol. The van der Waals surface area contributed by atoms with Gasteiger partial charge in [0.2, 0.25) is 0 Å². The van der Waals surface area contributed by atoms with Crippen molar-refractivity contribution in [1.82, 2.24) is 24.6 Å². The van der Waals surface area contributed by atoms with Crippen LogP contribution in [0.25, 0.3) is 17.1 Å². The molecule has 11 heteroatoms. The highest BCUT2D eigenvalue weighted by molar-refractivity contribution is 6.11. The number of phenolic OH excluding ortho intramolecular Hbond substituents is 2. The van der Waals surface area contributed by atoms with Crippen LogP contribution in [0.3, 0.4) is 0 Å². The highest BCUT2D eigenvalue weighted by Crippen LogP contribution is 2.35. The fraction of sp³-hybridized carbons (Fsp3) is 0.0455. The predicted molar refractivity (Wildman–Crippen MR) is 114 cm³/mol. The Balaban J connectivity index is 1.80. The Morgan fingerprint density at radius 1 is 1.06 bits per heavy atom. The van der Waals surface area contributed by atoms with Crippen molar-refractivity contribution in [3.63, 3.8) is 0 Å². The van der Waals surface area contributed by atoms with E-state index in [1.54, 1.807) is 0 Å². The largest absolute Gasteiger partial charge is 0.507 e. The highest BCUT2D eigenvalue weighted by atomic mass is 19.1. The highest BCUT2D eigenvalue weighted by Gasteiger charge is 2.26. The van der Waals surface area contributed by atoms with E-state index < -0.39 is 34.8 Å². The summed E-state index contributed by atoms with van der Waals surface area (Å²) in [5.41, 5.74) is -1.29. The molecule has 2 aromatic heterocycles. The summed E-state index contributed by atoms with van der Waals surface area (Å²) in [5.74, 6) is -3.64. The molecule has 0 saturated carbocycles. The zero-order valence-corrected chi connectivity index (χ0v) is 17.1. The van der Waals surface area contributed by atoms with Crippen molar-refractivity contribution in [3.8, 4) is 28.6 Å². The molecule has 0 atom stereocenters. The maximum atomic E-state index is 14.3. The van der Waals surface area contributed by atoms with E-state index in [0.29, 0.717) is 0 Å². The van der Waals surface area contributed by atoms with E-state index in [4.69, 9.17) is 0 Å². The SMILES string of the molecule is CN(C(=O)c1cccnc1)C(=O)c1cc(-c2n[nH]c(=O)n2-c2ccccc2F)c(O)cc1O. The van der Waals surface area contributed by atoms with Gasteiger partial charge in [-0.3, -0.25) is 19.5 Å². The van der Waals surface area contributed by atoms with Crippen LogP contribution < -0.4 is 5.69 Å². The maximum absolute atomic E-state index is 14.3. The van der Waals surface area contributed by atoms with Gasteiger partial charge in [-0.2, -0.15) is 5.10 Å². The van der Waals surface area contributed by atoms with Crippen LogP contribution >= 0.6 is 0 Å². The number of hydrogen-bond donors (Lipinski definition) is 3. The van der Waals surface area contributed by atoms with E-state index in [-0.39, 0.29) is 28.2 Å². The molecule has 0 radical (unpaired) electrons. The minimum atomic E-state index is -0.891. The van der Waals surface area contributed by atoms with E-state index in [1.165, 1.54) is 49.8 Å². The van der Waals surface area contributed by atoms with Gasteiger partial charge in [0, 0.05) is 25.5 Å². The number of H-pyrrole nitrogens is 1. The average Bonchev–Trinajstić information content (AvgIpc) is 3.19. The summed E-state index contributed by atoms with van der Waals surface area (Å²) in [6.07, 6.45) is 2.75. The molecule has 4 aromatic rings. The summed E-state index contributed by atoms with van der Waals surface area (Å²) in [6.45, 7) is 0. The lowest BCUT2D eigenvalue weighted by molar-refractivity contribution is 0.0654. The minimum Gasteiger partial charge on any atom is -0.507 e. The topological polar surface area (TPSA) is 141 Å². The van der Waals surface area contributed by atoms with Crippen LogP contribution in [0.4, 0.5) is 4.39 Å². The molecule has 2 heterocycles. The molecule has 10 nitrogen and oxygen atoms in total. The van der Waals surface area contributed by atoms with Gasteiger partial charge in [-0.1, -0.05) is 12.1 Å². The Morgan fingerprint density at radius 3 is 2.52 bits per heavy atom. The molecule has 3 N–H and O–H groups in total. The number of nitrogens with zero attached hydrogens (tertiary/aromatic N) is 4. The zero-order chi connectivity index (χ0) is 23.7. The summed E-state index contributed by atoms with van der Waals surface area (Å²) in [5, 5.41) is 26.7. The number of rotatable bonds is 4. The van der Waals surface area contributed by atoms with Crippen LogP contribution in [0.5, 0.6) is 11.5 Å². The van der Waals surface area contributed by atoms with Gasteiger partial charge in [-0.25, -0.2) is 18.9 Å². The average molecular weight is 449 g/mol. The van der Waals surface area contributed by atoms with Crippen molar-refractivity contribution < 1.29 is 24.2 Å². The van der Waals surface area contributed by atoms with Crippen molar-refractivity contribution in [2.75, 3.05) is 7.05 Å². The lowest BCUT2D eigenvalue weighted by Crippen LogP contribution is -2.33. The first-order chi connectivity index (χ1) is 15.8. The van der Waals surface area contributed by atoms with E-state index in [0.717, 1.165) is 27.7 Å². The number of para-hydroxylation sites is 1. The van der Waals surface area contributed by atoms with Crippen LogP contribution in [0.1, 0.15) is 20.7 Å². The van der Waals surface area contributed by atoms with Gasteiger partial charge < -0.3 is 10.2 Å². The van der Waals surface area contributed by atoms with Gasteiger partial charge in [-0.05, 0) is 30.3 Å². The molecular formula is C22H16FN5O5. The van der Waals surface area contributed by atoms with E-state index in [2.05, 4.69) is 15.2 Å². The number of hydrogen-bond acceptors (Lipinski definition) is 7. The van der Waals surface area contributed by atoms with Crippen molar-refractivity contribution in [2.45, 2.75) is 0 Å². The Morgan fingerprint density at radius 2 is 1.82 bits per heavy atom. The molecule has 33 heavy (non-hydrogen) atoms. The number of halogens is 1. The van der Waals surface area contributed by atoms with E-state index >= 15 is 0 Å². The maximum Gasteiger partial charge on any atom is 0.348 e. The molecule has 166 valence electrons. The smallest absolute Gasteiger partial charge is 0.348 e. The number of pyridine rings is 1. The first kappa shape index (κ1) is 21.4. The molecule has 0 unspecified atom stereocenters. The van der Waals surface area contributed by atoms with Gasteiger partial charge in [-0.15, -0.1) is 0 Å². The molecule has 2 amide bonds. The number of phenols is 2. The summed E-state index contributed by atoms with van der Waals surface area (Å²) < 4.78 is 15.2. The summed E-state index contributed by atoms with van der Waals surface area (Å²) in [7, 11) is 1.22. The fourth-order valence-corrected chi connectivity index (χ4v) is 3.22. The lowest BCUT2D eigenvalue weighted by Gasteiger charge is -2.17. The second-order valence-electron chi connectivity index (χ2n) is 6.94. The number of imide groups is 1. The van der Waals surface area contributed by atoms with E-state index in [1.807, 2.05) is 0 Å². The first-order valence-corrected chi connectivity index (χ1v) is 9.50. The number of aromatic nitrogens is 4. The number of carbonyl (C=O) groups excluding carboxylic acids is 2. The van der Waals surface area contributed by atoms with Crippen molar-refractivity contribution in [1.29, 1.82) is 0 Å². The van der Waals surface area contributed by atoms with Gasteiger partial charge in [0.05, 0.1) is 22.4 Å². The summed E-state index contributed by atoms with van der Waals surface area (Å²) in [6, 6.07) is 10.4. The standard InChI is InChI=1S/C22H16FN5O5/c1-27(20(31)12-5-4-8-24-11-12)21(32)14-9-13(17(29)10-18(14)30)19-25-26-22(33)28(19)16-7-3-2-6-15(16)23/h2-11,29-30H,1H3,(H,26,33). The molecule has 0 aliphatic carbocycles. The molecule has 0 spiro atoms. The summed E-state index contributed by atoms with van der Waals surface area (Å²) >= 11 is 0. The van der Waals surface area contributed by atoms with Gasteiger partial charge in [0.25, 0.3) is 11.8 Å². The Kier molecular flexibility index (Phi) is 5.44. The van der Waals surface area contributed by atoms with Crippen molar-refractivity contribution in [2.24, 2.45) is 0 Å². The first-order valence-electron chi connectivity index (χ1n) is 9.50. The van der Waals surface area contributed by atoms with Crippen LogP contribution in [-0.4, -0.2) is 53.7 Å². The van der Waals surface area contributed by atoms with Gasteiger partial charge in [0.1, 0.15) is 17.3 Å². The Labute approximate surface area is 185 Å². The number of aromatic hydroxyl groups is 2. The van der Waals surface area contributed by atoms with Gasteiger partial charge in [0.15, 0.2) is 5.82 Å². The normalized spacial score (nSPS) is 10.7. The number of aromatic amines is 1. The lowest BCUT2D eigenvalue weighted by atomic mass is 10.1. The number of nitrogens with one attached hydrogen (secondary N) is 1. The second kappa shape index (κ2) is 8.38. The minimum absolute atomic E-state index is 0.143. The third kappa shape index (κ3) is 3.82. The van der Waals surface area contributed by atoms with E-state index in [9.17, 15) is 29.0 Å². The molecule has 0 saturated heterocycles. The fourth-order valence-electron chi connectivity index (χ4n) is 3.22. The number of carbonyl (C=O) groups is 2. The number of benzene rings is 2. The summed E-state index contributed by atoms with van der Waals surface area (Å²) in [4.78, 5) is 42.5. The quantitative estimate of drug-likeness (QED) is 0.405. The third-order valence-corrected chi connectivity index (χ3v) is 4.87. The predicted octanol–water partition coefficient (Wildman–Crippen LogP) is 2.09. The van der Waals surface area contributed by atoms with Crippen LogP contribution in [0.2, 0.25) is 0 Å². The Hall–Kier alpha value is -4.80. The molecule has 0 aliphatic rings. The van der Waals surface area contributed by atoms with Crippen LogP contribution in [-0.2, 0) is 0 Å². The molecule has 0 fully saturated rings. The van der Waals surface area contributed by atoms with Crippen LogP contribution in [0, 0.1) is 5.82 Å². The molecule has 2 aromatic carbocycles. The van der Waals surface area contributed by atoms with Crippen molar-refractivity contribution in [3.05, 3.63) is 88.4 Å². The number of amides is 2. The van der Waals surface area contributed by atoms with Crippen LogP contribution in [0.15, 0.2) is 65.7 Å². The second-order valence-corrected chi connectivity index (χ2v) is 6.94.